The molecular weight excluding hydrogens is 198 g/mol. The van der Waals surface area contributed by atoms with E-state index in [9.17, 15) is 5.11 Å². The predicted molar refractivity (Wildman–Crippen MR) is 62.9 cm³/mol. The Labute approximate surface area is 96.7 Å². The second-order valence-electron chi connectivity index (χ2n) is 5.43. The summed E-state index contributed by atoms with van der Waals surface area (Å²) in [6.45, 7) is 2.03. The molecule has 1 aromatic heterocycles. The Morgan fingerprint density at radius 2 is 1.94 bits per heavy atom. The van der Waals surface area contributed by atoms with E-state index in [1.54, 1.807) is 0 Å². The molecule has 16 heavy (non-hydrogen) atoms. The van der Waals surface area contributed by atoms with Crippen molar-refractivity contribution in [1.29, 1.82) is 0 Å². The van der Waals surface area contributed by atoms with Gasteiger partial charge in [0.25, 0.3) is 0 Å². The first-order chi connectivity index (χ1) is 7.77. The highest BCUT2D eigenvalue weighted by molar-refractivity contribution is 5.22. The Balaban J connectivity index is 1.76. The number of aryl methyl sites for hydroxylation is 1. The zero-order chi connectivity index (χ0) is 11.1. The van der Waals surface area contributed by atoms with E-state index in [-0.39, 0.29) is 6.10 Å². The number of hydrogen-bond acceptors (Lipinski definition) is 2. The van der Waals surface area contributed by atoms with E-state index in [4.69, 9.17) is 0 Å². The molecule has 0 spiro atoms. The van der Waals surface area contributed by atoms with Crippen LogP contribution in [0, 0.1) is 24.7 Å². The molecule has 0 aliphatic heterocycles. The van der Waals surface area contributed by atoms with Gasteiger partial charge in [-0.05, 0) is 48.6 Å². The molecular formula is C14H19NO. The minimum absolute atomic E-state index is 0.277. The molecule has 3 unspecified atom stereocenters. The highest BCUT2D eigenvalue weighted by atomic mass is 16.3. The summed E-state index contributed by atoms with van der Waals surface area (Å²) < 4.78 is 0. The van der Waals surface area contributed by atoms with E-state index in [0.29, 0.717) is 5.92 Å². The number of nitrogens with zero attached hydrogens (tertiary/aromatic N) is 1. The van der Waals surface area contributed by atoms with Crippen molar-refractivity contribution in [2.75, 3.05) is 0 Å². The second kappa shape index (κ2) is 3.85. The van der Waals surface area contributed by atoms with Crippen LogP contribution in [0.15, 0.2) is 18.5 Å². The summed E-state index contributed by atoms with van der Waals surface area (Å²) in [4.78, 5) is 4.17. The molecule has 1 aromatic rings. The van der Waals surface area contributed by atoms with Crippen LogP contribution in [0.25, 0.3) is 0 Å². The van der Waals surface area contributed by atoms with E-state index in [1.165, 1.54) is 25.7 Å². The molecule has 0 amide bonds. The van der Waals surface area contributed by atoms with Crippen molar-refractivity contribution >= 4 is 0 Å². The summed E-state index contributed by atoms with van der Waals surface area (Å²) in [6.07, 6.45) is 8.75. The van der Waals surface area contributed by atoms with E-state index < -0.39 is 0 Å². The molecule has 2 heteroatoms. The Bertz CT molecular complexity index is 378. The van der Waals surface area contributed by atoms with Crippen LogP contribution in [0.1, 0.15) is 42.9 Å². The molecule has 3 atom stereocenters. The zero-order valence-corrected chi connectivity index (χ0v) is 9.76. The van der Waals surface area contributed by atoms with Crippen molar-refractivity contribution in [3.05, 3.63) is 29.6 Å². The Kier molecular flexibility index (Phi) is 2.47. The maximum absolute atomic E-state index is 10.4. The third-order valence-electron chi connectivity index (χ3n) is 4.32. The number of aromatic nitrogens is 1. The first-order valence-corrected chi connectivity index (χ1v) is 6.37. The summed E-state index contributed by atoms with van der Waals surface area (Å²) in [5, 5.41) is 10.4. The largest absolute Gasteiger partial charge is 0.388 e. The topological polar surface area (TPSA) is 33.1 Å². The van der Waals surface area contributed by atoms with Crippen molar-refractivity contribution in [2.24, 2.45) is 17.8 Å². The minimum atomic E-state index is -0.277. The van der Waals surface area contributed by atoms with E-state index in [2.05, 4.69) is 11.1 Å². The van der Waals surface area contributed by atoms with Crippen molar-refractivity contribution in [2.45, 2.75) is 38.7 Å². The molecule has 1 heterocycles. The van der Waals surface area contributed by atoms with E-state index in [0.717, 1.165) is 23.0 Å². The normalized spacial score (nSPS) is 34.2. The lowest BCUT2D eigenvalue weighted by molar-refractivity contribution is 0.141. The molecule has 2 aliphatic rings. The fourth-order valence-corrected chi connectivity index (χ4v) is 3.48. The highest BCUT2D eigenvalue weighted by Crippen LogP contribution is 2.60. The van der Waals surface area contributed by atoms with Crippen LogP contribution in [0.3, 0.4) is 0 Å². The SMILES string of the molecule is Cc1cncc(C(O)C2C3CCCCC32)c1. The van der Waals surface area contributed by atoms with Crippen LogP contribution in [-0.2, 0) is 0 Å². The smallest absolute Gasteiger partial charge is 0.0838 e. The Morgan fingerprint density at radius 1 is 1.25 bits per heavy atom. The number of aliphatic hydroxyl groups excluding tert-OH is 1. The molecule has 0 bridgehead atoms. The van der Waals surface area contributed by atoms with Gasteiger partial charge in [0.15, 0.2) is 0 Å². The van der Waals surface area contributed by atoms with Crippen LogP contribution < -0.4 is 0 Å². The van der Waals surface area contributed by atoms with Crippen LogP contribution in [-0.4, -0.2) is 10.1 Å². The van der Waals surface area contributed by atoms with E-state index in [1.807, 2.05) is 19.3 Å². The molecule has 0 radical (unpaired) electrons. The second-order valence-corrected chi connectivity index (χ2v) is 5.43. The minimum Gasteiger partial charge on any atom is -0.388 e. The molecule has 2 fully saturated rings. The van der Waals surface area contributed by atoms with Crippen LogP contribution >= 0.6 is 0 Å². The summed E-state index contributed by atoms with van der Waals surface area (Å²) in [5.41, 5.74) is 2.15. The zero-order valence-electron chi connectivity index (χ0n) is 9.76. The van der Waals surface area contributed by atoms with Gasteiger partial charge in [0.05, 0.1) is 6.10 Å². The number of hydrogen-bond donors (Lipinski definition) is 1. The summed E-state index contributed by atoms with van der Waals surface area (Å²) in [6, 6.07) is 2.07. The standard InChI is InChI=1S/C14H19NO/c1-9-6-10(8-15-7-9)14(16)13-11-4-2-3-5-12(11)13/h6-8,11-14,16H,2-5H2,1H3. The molecule has 0 aromatic carbocycles. The number of pyridine rings is 1. The first kappa shape index (κ1) is 10.3. The molecule has 3 rings (SSSR count). The fraction of sp³-hybridized carbons (Fsp3) is 0.643. The third kappa shape index (κ3) is 1.65. The molecule has 0 saturated heterocycles. The lowest BCUT2D eigenvalue weighted by Gasteiger charge is -2.10. The average molecular weight is 217 g/mol. The maximum atomic E-state index is 10.4. The summed E-state index contributed by atoms with van der Waals surface area (Å²) in [7, 11) is 0. The molecule has 1 N–H and O–H groups in total. The number of rotatable bonds is 2. The quantitative estimate of drug-likeness (QED) is 0.826. The first-order valence-electron chi connectivity index (χ1n) is 6.37. The van der Waals surface area contributed by atoms with Crippen LogP contribution in [0.2, 0.25) is 0 Å². The molecule has 2 saturated carbocycles. The van der Waals surface area contributed by atoms with Gasteiger partial charge in [-0.3, -0.25) is 4.98 Å². The fourth-order valence-electron chi connectivity index (χ4n) is 3.48. The highest BCUT2D eigenvalue weighted by Gasteiger charge is 2.54. The van der Waals surface area contributed by atoms with Crippen molar-refractivity contribution < 1.29 is 5.11 Å². The van der Waals surface area contributed by atoms with Gasteiger partial charge in [-0.15, -0.1) is 0 Å². The summed E-state index contributed by atoms with van der Waals surface area (Å²) in [5.74, 6) is 2.11. The van der Waals surface area contributed by atoms with Gasteiger partial charge in [0.2, 0.25) is 0 Å². The van der Waals surface area contributed by atoms with Crippen molar-refractivity contribution in [1.82, 2.24) is 4.98 Å². The predicted octanol–water partition coefficient (Wildman–Crippen LogP) is 2.86. The van der Waals surface area contributed by atoms with Gasteiger partial charge in [-0.1, -0.05) is 18.9 Å². The Hall–Kier alpha value is -0.890. The summed E-state index contributed by atoms with van der Waals surface area (Å²) >= 11 is 0. The van der Waals surface area contributed by atoms with Gasteiger partial charge in [0, 0.05) is 12.4 Å². The van der Waals surface area contributed by atoms with Gasteiger partial charge in [0.1, 0.15) is 0 Å². The lowest BCUT2D eigenvalue weighted by atomic mass is 10.0. The van der Waals surface area contributed by atoms with Crippen LogP contribution in [0.4, 0.5) is 0 Å². The molecule has 86 valence electrons. The van der Waals surface area contributed by atoms with E-state index >= 15 is 0 Å². The lowest BCUT2D eigenvalue weighted by Crippen LogP contribution is -2.03. The van der Waals surface area contributed by atoms with Crippen molar-refractivity contribution in [3.8, 4) is 0 Å². The van der Waals surface area contributed by atoms with Gasteiger partial charge >= 0.3 is 0 Å². The maximum Gasteiger partial charge on any atom is 0.0838 e. The Morgan fingerprint density at radius 3 is 2.56 bits per heavy atom. The number of aliphatic hydroxyl groups is 1. The molecule has 2 aliphatic carbocycles. The van der Waals surface area contributed by atoms with Gasteiger partial charge < -0.3 is 5.11 Å². The average Bonchev–Trinajstić information content (AvgIpc) is 3.02. The third-order valence-corrected chi connectivity index (χ3v) is 4.32. The van der Waals surface area contributed by atoms with Crippen molar-refractivity contribution in [3.63, 3.8) is 0 Å². The van der Waals surface area contributed by atoms with Gasteiger partial charge in [-0.25, -0.2) is 0 Å². The number of fused-ring (bicyclic) bond motifs is 1. The van der Waals surface area contributed by atoms with Crippen LogP contribution in [0.5, 0.6) is 0 Å². The molecule has 2 nitrogen and oxygen atoms in total. The monoisotopic (exact) mass is 217 g/mol. The van der Waals surface area contributed by atoms with Gasteiger partial charge in [-0.2, -0.15) is 0 Å².